The normalized spacial score (nSPS) is 14.7. The maximum Gasteiger partial charge on any atom is 0.271 e. The van der Waals surface area contributed by atoms with Crippen molar-refractivity contribution in [2.75, 3.05) is 20.2 Å². The van der Waals surface area contributed by atoms with E-state index < -0.39 is 6.04 Å². The zero-order chi connectivity index (χ0) is 30.7. The molecule has 0 fully saturated rings. The Balaban J connectivity index is 1.60. The fraction of sp³-hybridized carbons (Fsp3) is 0.242. The first-order chi connectivity index (χ1) is 20.7. The number of benzene rings is 3. The molecule has 0 bridgehead atoms. The van der Waals surface area contributed by atoms with Crippen molar-refractivity contribution in [1.29, 1.82) is 0 Å². The molecule has 1 amide bonds. The number of hydrogen-bond donors (Lipinski definition) is 0. The standard InChI is InChI=1S/C33H31BrClN3O4S/c1-5-37(6-2)32(40)29-20(3)36-33-38(30(29)22-12-14-24(35)15-13-22)31(39)28(43-33)17-23-16-26(41-4)27(18-25(23)34)42-19-21-10-8-7-9-11-21/h7-18,30H,5-6,19H2,1-4H3/b28-17+/t30-/m1/s1. The molecular weight excluding hydrogens is 650 g/mol. The number of ether oxygens (including phenoxy) is 2. The van der Waals surface area contributed by atoms with E-state index in [1.54, 1.807) is 28.7 Å². The Morgan fingerprint density at radius 1 is 1.09 bits per heavy atom. The number of thiazole rings is 1. The minimum Gasteiger partial charge on any atom is -0.493 e. The number of carbonyl (C=O) groups is 1. The average molecular weight is 681 g/mol. The average Bonchev–Trinajstić information content (AvgIpc) is 3.31. The van der Waals surface area contributed by atoms with E-state index in [0.717, 1.165) is 21.2 Å². The molecule has 4 aromatic rings. The number of allylic oxidation sites excluding steroid dienone is 1. The van der Waals surface area contributed by atoms with Crippen molar-refractivity contribution < 1.29 is 14.3 Å². The van der Waals surface area contributed by atoms with Crippen molar-refractivity contribution in [1.82, 2.24) is 9.47 Å². The lowest BCUT2D eigenvalue weighted by Crippen LogP contribution is -2.43. The van der Waals surface area contributed by atoms with Crippen LogP contribution in [0.3, 0.4) is 0 Å². The molecule has 2 heterocycles. The van der Waals surface area contributed by atoms with Gasteiger partial charge in [-0.3, -0.25) is 14.2 Å². The van der Waals surface area contributed by atoms with Gasteiger partial charge in [-0.15, -0.1) is 0 Å². The Morgan fingerprint density at radius 2 is 1.79 bits per heavy atom. The molecule has 43 heavy (non-hydrogen) atoms. The molecule has 10 heteroatoms. The van der Waals surface area contributed by atoms with Gasteiger partial charge in [0.05, 0.1) is 29.0 Å². The Labute approximate surface area is 267 Å². The number of rotatable bonds is 9. The van der Waals surface area contributed by atoms with Gasteiger partial charge in [0.1, 0.15) is 6.61 Å². The van der Waals surface area contributed by atoms with Gasteiger partial charge in [0, 0.05) is 22.6 Å². The van der Waals surface area contributed by atoms with E-state index in [0.29, 0.717) is 56.8 Å². The minimum atomic E-state index is -0.643. The minimum absolute atomic E-state index is 0.140. The number of likely N-dealkylation sites (N-methyl/N-ethyl adjacent to an activating group) is 1. The molecule has 222 valence electrons. The third-order valence-electron chi connectivity index (χ3n) is 7.30. The van der Waals surface area contributed by atoms with E-state index in [9.17, 15) is 9.59 Å². The summed E-state index contributed by atoms with van der Waals surface area (Å²) < 4.78 is 14.5. The van der Waals surface area contributed by atoms with Crippen LogP contribution in [0.4, 0.5) is 0 Å². The monoisotopic (exact) mass is 679 g/mol. The van der Waals surface area contributed by atoms with Crippen LogP contribution in [0.15, 0.2) is 92.3 Å². The third kappa shape index (κ3) is 6.34. The van der Waals surface area contributed by atoms with Gasteiger partial charge in [0.15, 0.2) is 16.3 Å². The highest BCUT2D eigenvalue weighted by Gasteiger charge is 2.34. The highest BCUT2D eigenvalue weighted by molar-refractivity contribution is 9.10. The second-order valence-corrected chi connectivity index (χ2v) is 12.2. The Kier molecular flexibility index (Phi) is 9.54. The molecule has 3 aromatic carbocycles. The number of fused-ring (bicyclic) bond motifs is 1. The maximum absolute atomic E-state index is 14.1. The van der Waals surface area contributed by atoms with Crippen LogP contribution in [0.2, 0.25) is 5.02 Å². The Morgan fingerprint density at radius 3 is 2.44 bits per heavy atom. The van der Waals surface area contributed by atoms with Gasteiger partial charge in [-0.1, -0.05) is 81.3 Å². The smallest absolute Gasteiger partial charge is 0.271 e. The summed E-state index contributed by atoms with van der Waals surface area (Å²) in [4.78, 5) is 34.9. The SMILES string of the molecule is CCN(CC)C(=O)C1=C(C)N=c2s/c(=C/c3cc(OC)c(OCc4ccccc4)cc3Br)c(=O)n2[C@@H]1c1ccc(Cl)cc1. The first kappa shape index (κ1) is 30.8. The molecule has 0 saturated carbocycles. The fourth-order valence-electron chi connectivity index (χ4n) is 5.05. The molecule has 1 aliphatic heterocycles. The van der Waals surface area contributed by atoms with Gasteiger partial charge in [0.2, 0.25) is 0 Å². The summed E-state index contributed by atoms with van der Waals surface area (Å²) in [6.45, 7) is 7.18. The van der Waals surface area contributed by atoms with Crippen LogP contribution in [-0.4, -0.2) is 35.6 Å². The highest BCUT2D eigenvalue weighted by Crippen LogP contribution is 2.35. The zero-order valence-electron chi connectivity index (χ0n) is 24.3. The maximum atomic E-state index is 14.1. The van der Waals surface area contributed by atoms with Gasteiger partial charge in [-0.05, 0) is 67.8 Å². The summed E-state index contributed by atoms with van der Waals surface area (Å²) in [5.74, 6) is 0.981. The first-order valence-electron chi connectivity index (χ1n) is 13.9. The molecule has 0 saturated heterocycles. The van der Waals surface area contributed by atoms with Crippen LogP contribution < -0.4 is 24.4 Å². The summed E-state index contributed by atoms with van der Waals surface area (Å²) in [6, 6.07) is 20.2. The second kappa shape index (κ2) is 13.3. The molecule has 5 rings (SSSR count). The van der Waals surface area contributed by atoms with Crippen molar-refractivity contribution in [2.24, 2.45) is 4.99 Å². The summed E-state index contributed by atoms with van der Waals surface area (Å²) in [6.07, 6.45) is 1.81. The van der Waals surface area contributed by atoms with Gasteiger partial charge >= 0.3 is 0 Å². The van der Waals surface area contributed by atoms with Crippen LogP contribution in [0.5, 0.6) is 11.5 Å². The fourth-order valence-corrected chi connectivity index (χ4v) is 6.65. The zero-order valence-corrected chi connectivity index (χ0v) is 27.4. The van der Waals surface area contributed by atoms with E-state index in [4.69, 9.17) is 26.1 Å². The van der Waals surface area contributed by atoms with E-state index in [2.05, 4.69) is 15.9 Å². The number of aromatic nitrogens is 1. The molecular formula is C33H31BrClN3O4S. The van der Waals surface area contributed by atoms with Gasteiger partial charge in [-0.25, -0.2) is 4.99 Å². The first-order valence-corrected chi connectivity index (χ1v) is 15.9. The molecule has 1 aromatic heterocycles. The van der Waals surface area contributed by atoms with Crippen molar-refractivity contribution in [2.45, 2.75) is 33.4 Å². The lowest BCUT2D eigenvalue weighted by Gasteiger charge is -2.29. The molecule has 0 spiro atoms. The Hall–Kier alpha value is -3.66. The lowest BCUT2D eigenvalue weighted by atomic mass is 9.94. The predicted octanol–water partition coefficient (Wildman–Crippen LogP) is 6.11. The van der Waals surface area contributed by atoms with Crippen molar-refractivity contribution in [3.63, 3.8) is 0 Å². The lowest BCUT2D eigenvalue weighted by molar-refractivity contribution is -0.127. The van der Waals surface area contributed by atoms with Crippen LogP contribution in [0.25, 0.3) is 6.08 Å². The summed E-state index contributed by atoms with van der Waals surface area (Å²) in [7, 11) is 1.58. The van der Waals surface area contributed by atoms with Gasteiger partial charge < -0.3 is 14.4 Å². The molecule has 0 N–H and O–H groups in total. The largest absolute Gasteiger partial charge is 0.493 e. The molecule has 1 atom stereocenters. The van der Waals surface area contributed by atoms with E-state index in [1.165, 1.54) is 11.3 Å². The predicted molar refractivity (Wildman–Crippen MR) is 175 cm³/mol. The topological polar surface area (TPSA) is 73.1 Å². The summed E-state index contributed by atoms with van der Waals surface area (Å²) in [5, 5.41) is 0.573. The number of hydrogen-bond acceptors (Lipinski definition) is 6. The number of amides is 1. The molecule has 7 nitrogen and oxygen atoms in total. The number of halogens is 2. The highest BCUT2D eigenvalue weighted by atomic mass is 79.9. The van der Waals surface area contributed by atoms with E-state index >= 15 is 0 Å². The van der Waals surface area contributed by atoms with Crippen LogP contribution in [0, 0.1) is 0 Å². The van der Waals surface area contributed by atoms with E-state index in [1.807, 2.05) is 81.4 Å². The van der Waals surface area contributed by atoms with Crippen molar-refractivity contribution in [3.8, 4) is 11.5 Å². The summed E-state index contributed by atoms with van der Waals surface area (Å²) in [5.41, 5.74) is 3.39. The molecule has 0 unspecified atom stereocenters. The van der Waals surface area contributed by atoms with Crippen LogP contribution in [0.1, 0.15) is 43.5 Å². The number of nitrogens with zero attached hydrogens (tertiary/aromatic N) is 3. The second-order valence-electron chi connectivity index (χ2n) is 9.91. The van der Waals surface area contributed by atoms with E-state index in [-0.39, 0.29) is 11.5 Å². The van der Waals surface area contributed by atoms with Gasteiger partial charge in [-0.2, -0.15) is 0 Å². The number of carbonyl (C=O) groups excluding carboxylic acids is 1. The van der Waals surface area contributed by atoms with Gasteiger partial charge in [0.25, 0.3) is 11.5 Å². The molecule has 1 aliphatic rings. The quantitative estimate of drug-likeness (QED) is 0.214. The Bertz CT molecular complexity index is 1860. The van der Waals surface area contributed by atoms with Crippen LogP contribution in [-0.2, 0) is 11.4 Å². The van der Waals surface area contributed by atoms with Crippen LogP contribution >= 0.6 is 38.9 Å². The third-order valence-corrected chi connectivity index (χ3v) is 9.22. The number of methoxy groups -OCH3 is 1. The van der Waals surface area contributed by atoms with Crippen molar-refractivity contribution >= 4 is 50.9 Å². The molecule has 0 aliphatic carbocycles. The van der Waals surface area contributed by atoms with Crippen molar-refractivity contribution in [3.05, 3.63) is 124 Å². The summed E-state index contributed by atoms with van der Waals surface area (Å²) >= 11 is 11.1. The molecule has 0 radical (unpaired) electrons.